The lowest BCUT2D eigenvalue weighted by molar-refractivity contribution is -0.105. The molecular formula is C27H45NO2. The van der Waals surface area contributed by atoms with Gasteiger partial charge in [-0.25, -0.2) is 0 Å². The highest BCUT2D eigenvalue weighted by Crippen LogP contribution is 2.69. The van der Waals surface area contributed by atoms with Crippen LogP contribution in [0.15, 0.2) is 11.8 Å². The molecule has 3 nitrogen and oxygen atoms in total. The first kappa shape index (κ1) is 21.3. The van der Waals surface area contributed by atoms with E-state index < -0.39 is 0 Å². The van der Waals surface area contributed by atoms with Gasteiger partial charge in [-0.1, -0.05) is 27.7 Å². The Morgan fingerprint density at radius 2 is 2.00 bits per heavy atom. The van der Waals surface area contributed by atoms with Gasteiger partial charge in [-0.3, -0.25) is 0 Å². The van der Waals surface area contributed by atoms with E-state index in [1.54, 1.807) is 0 Å². The molecule has 170 valence electrons. The highest BCUT2D eigenvalue weighted by molar-refractivity contribution is 5.16. The number of fused-ring (bicyclic) bond motifs is 7. The third kappa shape index (κ3) is 3.04. The van der Waals surface area contributed by atoms with Gasteiger partial charge in [0.1, 0.15) is 0 Å². The predicted molar refractivity (Wildman–Crippen MR) is 122 cm³/mol. The monoisotopic (exact) mass is 415 g/mol. The molecule has 1 heterocycles. The molecule has 1 aliphatic heterocycles. The van der Waals surface area contributed by atoms with Crippen molar-refractivity contribution in [2.75, 3.05) is 6.54 Å². The number of ether oxygens (including phenoxy) is 1. The lowest BCUT2D eigenvalue weighted by atomic mass is 9.45. The van der Waals surface area contributed by atoms with E-state index in [4.69, 9.17) is 10.5 Å². The molecule has 30 heavy (non-hydrogen) atoms. The van der Waals surface area contributed by atoms with E-state index in [2.05, 4.69) is 33.8 Å². The number of allylic oxidation sites excluding steroid dienone is 2. The lowest BCUT2D eigenvalue weighted by Crippen LogP contribution is -2.53. The Kier molecular flexibility index (Phi) is 5.33. The third-order valence-electron chi connectivity index (χ3n) is 11.2. The number of aliphatic hydroxyl groups is 1. The average Bonchev–Trinajstić information content (AvgIpc) is 3.20. The first-order chi connectivity index (χ1) is 14.3. The van der Waals surface area contributed by atoms with E-state index in [1.165, 1.54) is 44.9 Å². The molecule has 3 N–H and O–H groups in total. The van der Waals surface area contributed by atoms with Crippen molar-refractivity contribution in [1.29, 1.82) is 0 Å². The topological polar surface area (TPSA) is 55.5 Å². The summed E-state index contributed by atoms with van der Waals surface area (Å²) in [5, 5.41) is 10.1. The van der Waals surface area contributed by atoms with Crippen molar-refractivity contribution in [2.45, 2.75) is 97.7 Å². The minimum absolute atomic E-state index is 0.404. The number of rotatable bonds is 4. The maximum Gasteiger partial charge on any atom is 0.0886 e. The van der Waals surface area contributed by atoms with E-state index in [0.717, 1.165) is 43.1 Å². The number of hydrogen-bond acceptors (Lipinski definition) is 3. The fraction of sp³-hybridized carbons (Fsp3) is 0.926. The second-order valence-corrected chi connectivity index (χ2v) is 12.6. The maximum absolute atomic E-state index is 10.1. The van der Waals surface area contributed by atoms with Crippen LogP contribution in [0.5, 0.6) is 0 Å². The Morgan fingerprint density at radius 3 is 2.77 bits per heavy atom. The zero-order valence-corrected chi connectivity index (χ0v) is 19.8. The van der Waals surface area contributed by atoms with E-state index >= 15 is 0 Å². The maximum atomic E-state index is 10.1. The Labute approximate surface area is 184 Å². The van der Waals surface area contributed by atoms with E-state index in [1.807, 2.05) is 0 Å². The molecule has 0 aromatic carbocycles. The van der Waals surface area contributed by atoms with Gasteiger partial charge in [-0.15, -0.1) is 0 Å². The zero-order chi connectivity index (χ0) is 21.3. The smallest absolute Gasteiger partial charge is 0.0886 e. The van der Waals surface area contributed by atoms with Crippen LogP contribution in [-0.2, 0) is 4.74 Å². The van der Waals surface area contributed by atoms with Crippen molar-refractivity contribution >= 4 is 0 Å². The molecule has 3 heteroatoms. The highest BCUT2D eigenvalue weighted by atomic mass is 16.5. The van der Waals surface area contributed by atoms with Crippen LogP contribution < -0.4 is 5.73 Å². The summed E-state index contributed by atoms with van der Waals surface area (Å²) in [5.74, 6) is 5.96. The molecule has 1 saturated heterocycles. The molecule has 5 rings (SSSR count). The third-order valence-corrected chi connectivity index (χ3v) is 11.2. The highest BCUT2D eigenvalue weighted by Gasteiger charge is 2.65. The summed E-state index contributed by atoms with van der Waals surface area (Å²) in [6.07, 6.45) is 14.3. The van der Waals surface area contributed by atoms with Gasteiger partial charge in [0.15, 0.2) is 0 Å². The average molecular weight is 416 g/mol. The second kappa shape index (κ2) is 7.51. The SMILES string of the molecule is CC(CN)CC[C@H]1O[C@H]2C[C@H]3[C@@H]4CCC5CC(O)=CC[C@]5(C)[C@H]4CC[C@]3(C)[C@H]2[C@@H]1C. The van der Waals surface area contributed by atoms with Crippen LogP contribution in [0.3, 0.4) is 0 Å². The van der Waals surface area contributed by atoms with Gasteiger partial charge in [0.05, 0.1) is 18.0 Å². The van der Waals surface area contributed by atoms with E-state index in [-0.39, 0.29) is 0 Å². The van der Waals surface area contributed by atoms with E-state index in [9.17, 15) is 5.11 Å². The molecule has 0 aromatic rings. The zero-order valence-electron chi connectivity index (χ0n) is 19.8. The quantitative estimate of drug-likeness (QED) is 0.584. The molecule has 0 spiro atoms. The first-order valence-electron chi connectivity index (χ1n) is 13.0. The minimum atomic E-state index is 0.404. The number of nitrogens with two attached hydrogens (primary N) is 1. The van der Waals surface area contributed by atoms with Crippen molar-refractivity contribution in [3.63, 3.8) is 0 Å². The molecule has 0 bridgehead atoms. The normalized spacial score (nSPS) is 53.3. The molecule has 4 fully saturated rings. The van der Waals surface area contributed by atoms with Gasteiger partial charge in [0.2, 0.25) is 0 Å². The molecular weight excluding hydrogens is 370 g/mol. The molecule has 0 radical (unpaired) electrons. The summed E-state index contributed by atoms with van der Waals surface area (Å²) < 4.78 is 6.79. The van der Waals surface area contributed by atoms with Crippen molar-refractivity contribution in [3.8, 4) is 0 Å². The predicted octanol–water partition coefficient (Wildman–Crippen LogP) is 6.09. The Balaban J connectivity index is 1.33. The summed E-state index contributed by atoms with van der Waals surface area (Å²) in [7, 11) is 0. The summed E-state index contributed by atoms with van der Waals surface area (Å²) in [5.41, 5.74) is 6.73. The van der Waals surface area contributed by atoms with Crippen molar-refractivity contribution in [2.24, 2.45) is 58.0 Å². The molecule has 4 aliphatic carbocycles. The van der Waals surface area contributed by atoms with Crippen LogP contribution in [0.1, 0.15) is 85.5 Å². The van der Waals surface area contributed by atoms with Gasteiger partial charge in [-0.2, -0.15) is 0 Å². The van der Waals surface area contributed by atoms with Crippen molar-refractivity contribution < 1.29 is 9.84 Å². The van der Waals surface area contributed by atoms with Crippen molar-refractivity contribution in [1.82, 2.24) is 0 Å². The number of aliphatic hydroxyl groups excluding tert-OH is 1. The summed E-state index contributed by atoms with van der Waals surface area (Å²) >= 11 is 0. The molecule has 11 atom stereocenters. The van der Waals surface area contributed by atoms with Crippen LogP contribution in [0.25, 0.3) is 0 Å². The van der Waals surface area contributed by atoms with Crippen molar-refractivity contribution in [3.05, 3.63) is 11.8 Å². The van der Waals surface area contributed by atoms with Gasteiger partial charge >= 0.3 is 0 Å². The van der Waals surface area contributed by atoms with Gasteiger partial charge < -0.3 is 15.6 Å². The second-order valence-electron chi connectivity index (χ2n) is 12.6. The Bertz CT molecular complexity index is 690. The number of hydrogen-bond donors (Lipinski definition) is 2. The summed E-state index contributed by atoms with van der Waals surface area (Å²) in [4.78, 5) is 0. The summed E-state index contributed by atoms with van der Waals surface area (Å²) in [6.45, 7) is 10.8. The molecule has 3 saturated carbocycles. The minimum Gasteiger partial charge on any atom is -0.513 e. The van der Waals surface area contributed by atoms with E-state index in [0.29, 0.717) is 46.6 Å². The molecule has 2 unspecified atom stereocenters. The summed E-state index contributed by atoms with van der Waals surface area (Å²) in [6, 6.07) is 0. The van der Waals surface area contributed by atoms with Crippen LogP contribution >= 0.6 is 0 Å². The van der Waals surface area contributed by atoms with Crippen LogP contribution in [-0.4, -0.2) is 23.9 Å². The van der Waals surface area contributed by atoms with Crippen LogP contribution in [0.2, 0.25) is 0 Å². The molecule has 0 amide bonds. The standard InChI is InChI=1S/C27H45NO2/c1-16(15-28)5-8-23-17(2)25-24(30-23)14-22-20-7-6-18-13-19(29)9-11-26(18,3)21(20)10-12-27(22,25)4/h9,16-18,20-25,29H,5-8,10-15,28H2,1-4H3/t16?,17-,18?,20-,21+,22+,23-,24+,25+,26+,27+/m1/s1. The fourth-order valence-corrected chi connectivity index (χ4v) is 9.45. The van der Waals surface area contributed by atoms with Gasteiger partial charge in [-0.05, 0) is 116 Å². The Hall–Kier alpha value is -0.540. The molecule has 0 aromatic heterocycles. The van der Waals surface area contributed by atoms with Crippen LogP contribution in [0, 0.1) is 52.3 Å². The van der Waals surface area contributed by atoms with Crippen LogP contribution in [0.4, 0.5) is 0 Å². The Morgan fingerprint density at radius 1 is 1.20 bits per heavy atom. The van der Waals surface area contributed by atoms with Gasteiger partial charge in [0.25, 0.3) is 0 Å². The largest absolute Gasteiger partial charge is 0.513 e. The first-order valence-corrected chi connectivity index (χ1v) is 13.0. The fourth-order valence-electron chi connectivity index (χ4n) is 9.45. The molecule has 5 aliphatic rings. The van der Waals surface area contributed by atoms with Gasteiger partial charge in [0, 0.05) is 6.42 Å². The lowest BCUT2D eigenvalue weighted by Gasteiger charge is -2.60.